The number of aromatic hydroxyl groups is 1. The molecule has 2 aromatic carbocycles. The van der Waals surface area contributed by atoms with E-state index in [0.29, 0.717) is 5.75 Å². The van der Waals surface area contributed by atoms with E-state index < -0.39 is 0 Å². The molecule has 2 fully saturated rings. The third kappa shape index (κ3) is 3.87. The van der Waals surface area contributed by atoms with Gasteiger partial charge in [-0.05, 0) is 43.0 Å². The molecule has 2 heterocycles. The van der Waals surface area contributed by atoms with Gasteiger partial charge in [0.2, 0.25) is 0 Å². The van der Waals surface area contributed by atoms with Crippen LogP contribution >= 0.6 is 0 Å². The molecule has 4 rings (SSSR count). The normalized spacial score (nSPS) is 20.4. The van der Waals surface area contributed by atoms with E-state index in [2.05, 4.69) is 40.1 Å². The van der Waals surface area contributed by atoms with Crippen LogP contribution in [-0.4, -0.2) is 54.9 Å². The number of likely N-dealkylation sites (tertiary alicyclic amines) is 1. The summed E-state index contributed by atoms with van der Waals surface area (Å²) in [6, 6.07) is 18.3. The molecular formula is C22H28N2O2. The number of morpholine rings is 1. The zero-order valence-electron chi connectivity index (χ0n) is 15.3. The van der Waals surface area contributed by atoms with Crippen molar-refractivity contribution >= 4 is 5.69 Å². The van der Waals surface area contributed by atoms with Crippen LogP contribution in [0.15, 0.2) is 54.6 Å². The van der Waals surface area contributed by atoms with Gasteiger partial charge in [-0.2, -0.15) is 0 Å². The average Bonchev–Trinajstić information content (AvgIpc) is 2.70. The minimum absolute atomic E-state index is 0.000519. The van der Waals surface area contributed by atoms with Gasteiger partial charge >= 0.3 is 0 Å². The second-order valence-electron chi connectivity index (χ2n) is 7.51. The summed E-state index contributed by atoms with van der Waals surface area (Å²) in [7, 11) is 0. The lowest BCUT2D eigenvalue weighted by Crippen LogP contribution is -2.57. The van der Waals surface area contributed by atoms with Gasteiger partial charge in [0, 0.05) is 38.4 Å². The van der Waals surface area contributed by atoms with Crippen molar-refractivity contribution in [3.05, 3.63) is 60.2 Å². The summed E-state index contributed by atoms with van der Waals surface area (Å²) in [4.78, 5) is 4.98. The van der Waals surface area contributed by atoms with E-state index in [9.17, 15) is 5.11 Å². The summed E-state index contributed by atoms with van der Waals surface area (Å²) in [6.45, 7) is 5.91. The van der Waals surface area contributed by atoms with Gasteiger partial charge in [0.25, 0.3) is 0 Å². The average molecular weight is 352 g/mol. The number of rotatable bonds is 4. The second-order valence-corrected chi connectivity index (χ2v) is 7.51. The Hall–Kier alpha value is -2.04. The lowest BCUT2D eigenvalue weighted by Gasteiger charge is -2.48. The molecule has 138 valence electrons. The predicted molar refractivity (Wildman–Crippen MR) is 105 cm³/mol. The van der Waals surface area contributed by atoms with E-state index in [1.54, 1.807) is 6.07 Å². The fourth-order valence-electron chi connectivity index (χ4n) is 4.19. The molecule has 0 aliphatic carbocycles. The maximum absolute atomic E-state index is 9.93. The smallest absolute Gasteiger partial charge is 0.118 e. The highest BCUT2D eigenvalue weighted by Crippen LogP contribution is 2.32. The number of phenolic OH excluding ortho intramolecular Hbond substituents is 1. The van der Waals surface area contributed by atoms with Crippen LogP contribution in [0.25, 0.3) is 0 Å². The van der Waals surface area contributed by atoms with E-state index in [0.717, 1.165) is 64.2 Å². The van der Waals surface area contributed by atoms with Crippen molar-refractivity contribution in [3.63, 3.8) is 0 Å². The van der Waals surface area contributed by atoms with Gasteiger partial charge in [0.1, 0.15) is 5.75 Å². The Morgan fingerprint density at radius 2 is 1.65 bits per heavy atom. The van der Waals surface area contributed by atoms with Crippen LogP contribution in [0.4, 0.5) is 5.69 Å². The quantitative estimate of drug-likeness (QED) is 0.916. The fourth-order valence-corrected chi connectivity index (χ4v) is 4.19. The molecule has 0 saturated carbocycles. The third-order valence-electron chi connectivity index (χ3n) is 5.83. The number of anilines is 1. The molecule has 4 heteroatoms. The van der Waals surface area contributed by atoms with Gasteiger partial charge in [0.15, 0.2) is 0 Å². The van der Waals surface area contributed by atoms with Crippen LogP contribution in [-0.2, 0) is 11.2 Å². The van der Waals surface area contributed by atoms with Crippen molar-refractivity contribution in [2.75, 3.05) is 44.2 Å². The molecule has 0 aromatic heterocycles. The fraction of sp³-hybridized carbons (Fsp3) is 0.455. The van der Waals surface area contributed by atoms with Crippen molar-refractivity contribution in [2.24, 2.45) is 0 Å². The molecule has 0 amide bonds. The summed E-state index contributed by atoms with van der Waals surface area (Å²) in [5.41, 5.74) is 2.34. The number of ether oxygens (including phenoxy) is 1. The Morgan fingerprint density at radius 1 is 0.923 bits per heavy atom. The molecule has 2 aliphatic rings. The third-order valence-corrected chi connectivity index (χ3v) is 5.83. The number of nitrogens with zero attached hydrogens (tertiary/aromatic N) is 2. The topological polar surface area (TPSA) is 35.9 Å². The molecule has 1 N–H and O–H groups in total. The van der Waals surface area contributed by atoms with Gasteiger partial charge in [-0.1, -0.05) is 36.4 Å². The number of hydrogen-bond acceptors (Lipinski definition) is 4. The number of para-hydroxylation sites is 2. The van der Waals surface area contributed by atoms with Gasteiger partial charge < -0.3 is 19.6 Å². The molecular weight excluding hydrogens is 324 g/mol. The van der Waals surface area contributed by atoms with Crippen molar-refractivity contribution in [3.8, 4) is 5.75 Å². The monoisotopic (exact) mass is 352 g/mol. The number of benzene rings is 2. The van der Waals surface area contributed by atoms with Crippen LogP contribution in [0.1, 0.15) is 18.4 Å². The Bertz CT molecular complexity index is 711. The molecule has 2 aliphatic heterocycles. The first-order valence-electron chi connectivity index (χ1n) is 9.67. The summed E-state index contributed by atoms with van der Waals surface area (Å²) < 4.78 is 6.28. The first kappa shape index (κ1) is 17.4. The predicted octanol–water partition coefficient (Wildman–Crippen LogP) is 3.31. The molecule has 0 radical (unpaired) electrons. The zero-order chi connectivity index (χ0) is 17.8. The SMILES string of the molecule is Oc1ccccc1CCN1CCC2(CC1)CN(c1ccccc1)CCO2. The summed E-state index contributed by atoms with van der Waals surface area (Å²) in [5.74, 6) is 0.412. The lowest BCUT2D eigenvalue weighted by atomic mass is 9.89. The Balaban J connectivity index is 1.32. The number of piperidine rings is 1. The number of hydrogen-bond donors (Lipinski definition) is 1. The standard InChI is InChI=1S/C22H28N2O2/c25-21-9-5-4-6-19(21)10-13-23-14-11-22(12-15-23)18-24(16-17-26-22)20-7-2-1-3-8-20/h1-9,25H,10-18H2. The largest absolute Gasteiger partial charge is 0.508 e. The van der Waals surface area contributed by atoms with Crippen molar-refractivity contribution in [1.29, 1.82) is 0 Å². The van der Waals surface area contributed by atoms with Gasteiger partial charge in [-0.15, -0.1) is 0 Å². The van der Waals surface area contributed by atoms with E-state index >= 15 is 0 Å². The van der Waals surface area contributed by atoms with Gasteiger partial charge in [-0.25, -0.2) is 0 Å². The second kappa shape index (κ2) is 7.68. The van der Waals surface area contributed by atoms with Crippen molar-refractivity contribution < 1.29 is 9.84 Å². The van der Waals surface area contributed by atoms with E-state index in [1.165, 1.54) is 5.69 Å². The first-order valence-corrected chi connectivity index (χ1v) is 9.67. The highest BCUT2D eigenvalue weighted by Gasteiger charge is 2.39. The van der Waals surface area contributed by atoms with Crippen molar-refractivity contribution in [2.45, 2.75) is 24.9 Å². The minimum Gasteiger partial charge on any atom is -0.508 e. The first-order chi connectivity index (χ1) is 12.7. The van der Waals surface area contributed by atoms with E-state index in [-0.39, 0.29) is 5.60 Å². The molecule has 0 unspecified atom stereocenters. The highest BCUT2D eigenvalue weighted by molar-refractivity contribution is 5.46. The molecule has 1 spiro atoms. The maximum atomic E-state index is 9.93. The van der Waals surface area contributed by atoms with Crippen LogP contribution in [0, 0.1) is 0 Å². The van der Waals surface area contributed by atoms with E-state index in [4.69, 9.17) is 4.74 Å². The Kier molecular flexibility index (Phi) is 5.14. The lowest BCUT2D eigenvalue weighted by molar-refractivity contribution is -0.0909. The Labute approximate surface area is 156 Å². The summed E-state index contributed by atoms with van der Waals surface area (Å²) >= 11 is 0. The van der Waals surface area contributed by atoms with Gasteiger partial charge in [0.05, 0.1) is 12.2 Å². The number of phenols is 1. The molecule has 2 aromatic rings. The molecule has 26 heavy (non-hydrogen) atoms. The van der Waals surface area contributed by atoms with Crippen LogP contribution in [0.3, 0.4) is 0 Å². The molecule has 0 bridgehead atoms. The molecule has 4 nitrogen and oxygen atoms in total. The van der Waals surface area contributed by atoms with Crippen LogP contribution in [0.2, 0.25) is 0 Å². The van der Waals surface area contributed by atoms with Crippen molar-refractivity contribution in [1.82, 2.24) is 4.90 Å². The highest BCUT2D eigenvalue weighted by atomic mass is 16.5. The minimum atomic E-state index is -0.000519. The Morgan fingerprint density at radius 3 is 2.42 bits per heavy atom. The summed E-state index contributed by atoms with van der Waals surface area (Å²) in [6.07, 6.45) is 3.06. The maximum Gasteiger partial charge on any atom is 0.118 e. The zero-order valence-corrected chi connectivity index (χ0v) is 15.3. The molecule has 0 atom stereocenters. The van der Waals surface area contributed by atoms with E-state index in [1.807, 2.05) is 18.2 Å². The van der Waals surface area contributed by atoms with Gasteiger partial charge in [-0.3, -0.25) is 0 Å². The summed E-state index contributed by atoms with van der Waals surface area (Å²) in [5, 5.41) is 9.93. The molecule has 2 saturated heterocycles. The van der Waals surface area contributed by atoms with Crippen LogP contribution < -0.4 is 4.90 Å². The van der Waals surface area contributed by atoms with Crippen LogP contribution in [0.5, 0.6) is 5.75 Å².